The van der Waals surface area contributed by atoms with Crippen LogP contribution in [0.2, 0.25) is 0 Å². The maximum absolute atomic E-state index is 12.4. The summed E-state index contributed by atoms with van der Waals surface area (Å²) in [6.07, 6.45) is -2.43. The van der Waals surface area contributed by atoms with Crippen LogP contribution in [0.1, 0.15) is 6.42 Å². The number of alkyl halides is 3. The number of sulfone groups is 1. The molecule has 0 radical (unpaired) electrons. The van der Waals surface area contributed by atoms with Crippen molar-refractivity contribution in [1.82, 2.24) is 15.5 Å². The van der Waals surface area contributed by atoms with E-state index in [1.54, 1.807) is 7.05 Å². The first-order valence-corrected chi connectivity index (χ1v) is 9.67. The zero-order chi connectivity index (χ0) is 18.2. The van der Waals surface area contributed by atoms with Gasteiger partial charge in [0.05, 0.1) is 25.5 Å². The average Bonchev–Trinajstić information content (AvgIpc) is 2.85. The molecule has 0 amide bonds. The molecule has 2 N–H and O–H groups in total. The van der Waals surface area contributed by atoms with E-state index in [1.165, 1.54) is 4.90 Å². The van der Waals surface area contributed by atoms with E-state index in [0.29, 0.717) is 38.6 Å². The summed E-state index contributed by atoms with van der Waals surface area (Å²) in [6.45, 7) is 0.657. The minimum atomic E-state index is -4.18. The predicted octanol–water partition coefficient (Wildman–Crippen LogP) is -0.151. The summed E-state index contributed by atoms with van der Waals surface area (Å²) in [5, 5.41) is 6.06. The molecule has 0 aliphatic carbocycles. The van der Waals surface area contributed by atoms with Gasteiger partial charge in [-0.1, -0.05) is 0 Å². The summed E-state index contributed by atoms with van der Waals surface area (Å²) in [5.41, 5.74) is 0. The summed E-state index contributed by atoms with van der Waals surface area (Å²) in [5.74, 6) is 0.456. The lowest BCUT2D eigenvalue weighted by atomic mass is 10.3. The lowest BCUT2D eigenvalue weighted by molar-refractivity contribution is -0.143. The van der Waals surface area contributed by atoms with Crippen LogP contribution in [0.25, 0.3) is 0 Å². The number of hydrogen-bond donors (Lipinski definition) is 2. The number of nitrogens with one attached hydrogen (secondary N) is 2. The first-order valence-electron chi connectivity index (χ1n) is 7.61. The molecule has 0 aromatic heterocycles. The fourth-order valence-corrected chi connectivity index (χ4v) is 2.71. The SMILES string of the molecule is CN=C(NCCOCCS(C)(=O)=O)NC1CCN(CC(F)(F)F)C1. The van der Waals surface area contributed by atoms with Crippen molar-refractivity contribution >= 4 is 15.8 Å². The number of nitrogens with zero attached hydrogens (tertiary/aromatic N) is 2. The van der Waals surface area contributed by atoms with Crippen LogP contribution in [0.4, 0.5) is 13.2 Å². The average molecular weight is 374 g/mol. The summed E-state index contributed by atoms with van der Waals surface area (Å²) in [7, 11) is -1.46. The third-order valence-electron chi connectivity index (χ3n) is 3.38. The van der Waals surface area contributed by atoms with Crippen molar-refractivity contribution in [3.05, 3.63) is 0 Å². The second-order valence-corrected chi connectivity index (χ2v) is 7.98. The van der Waals surface area contributed by atoms with Gasteiger partial charge in [0.1, 0.15) is 9.84 Å². The van der Waals surface area contributed by atoms with Gasteiger partial charge in [0.25, 0.3) is 0 Å². The Morgan fingerprint density at radius 2 is 2.08 bits per heavy atom. The number of halogens is 3. The first-order chi connectivity index (χ1) is 11.1. The molecule has 1 fully saturated rings. The van der Waals surface area contributed by atoms with Gasteiger partial charge in [0.2, 0.25) is 0 Å². The van der Waals surface area contributed by atoms with Crippen LogP contribution < -0.4 is 10.6 Å². The number of aliphatic imine (C=N–C) groups is 1. The maximum atomic E-state index is 12.4. The van der Waals surface area contributed by atoms with Crippen LogP contribution in [-0.4, -0.2) is 89.9 Å². The molecule has 1 rings (SSSR count). The van der Waals surface area contributed by atoms with Gasteiger partial charge in [-0.15, -0.1) is 0 Å². The van der Waals surface area contributed by atoms with Crippen LogP contribution in [0, 0.1) is 0 Å². The number of guanidine groups is 1. The van der Waals surface area contributed by atoms with Crippen molar-refractivity contribution in [2.45, 2.75) is 18.6 Å². The van der Waals surface area contributed by atoms with E-state index in [1.807, 2.05) is 0 Å². The Morgan fingerprint density at radius 3 is 2.67 bits per heavy atom. The van der Waals surface area contributed by atoms with Gasteiger partial charge in [-0.05, 0) is 6.42 Å². The molecular formula is C13H25F3N4O3S. The summed E-state index contributed by atoms with van der Waals surface area (Å²) < 4.78 is 64.1. The normalized spacial score (nSPS) is 20.4. The monoisotopic (exact) mass is 374 g/mol. The molecule has 11 heteroatoms. The van der Waals surface area contributed by atoms with E-state index in [9.17, 15) is 21.6 Å². The molecule has 0 aromatic carbocycles. The quantitative estimate of drug-likeness (QED) is 0.349. The molecule has 1 atom stereocenters. The number of rotatable bonds is 8. The highest BCUT2D eigenvalue weighted by Crippen LogP contribution is 2.19. The minimum absolute atomic E-state index is 0.0307. The fraction of sp³-hybridized carbons (Fsp3) is 0.923. The molecular weight excluding hydrogens is 349 g/mol. The van der Waals surface area contributed by atoms with E-state index in [0.717, 1.165) is 6.26 Å². The fourth-order valence-electron chi connectivity index (χ4n) is 2.29. The van der Waals surface area contributed by atoms with Gasteiger partial charge in [-0.2, -0.15) is 13.2 Å². The third kappa shape index (κ3) is 9.93. The van der Waals surface area contributed by atoms with Gasteiger partial charge < -0.3 is 15.4 Å². The number of hydrogen-bond acceptors (Lipinski definition) is 5. The summed E-state index contributed by atoms with van der Waals surface area (Å²) >= 11 is 0. The van der Waals surface area contributed by atoms with Crippen LogP contribution in [0.3, 0.4) is 0 Å². The van der Waals surface area contributed by atoms with E-state index in [-0.39, 0.29) is 18.4 Å². The topological polar surface area (TPSA) is 83.0 Å². The molecule has 142 valence electrons. The Balaban J connectivity index is 2.19. The largest absolute Gasteiger partial charge is 0.401 e. The van der Waals surface area contributed by atoms with Crippen molar-refractivity contribution in [3.63, 3.8) is 0 Å². The first kappa shape index (κ1) is 21.0. The third-order valence-corrected chi connectivity index (χ3v) is 4.29. The molecule has 1 saturated heterocycles. The molecule has 1 heterocycles. The molecule has 1 aliphatic rings. The van der Waals surface area contributed by atoms with Gasteiger partial charge >= 0.3 is 6.18 Å². The Kier molecular flexibility index (Phi) is 8.23. The number of ether oxygens (including phenoxy) is 1. The lowest BCUT2D eigenvalue weighted by Gasteiger charge is -2.19. The molecule has 7 nitrogen and oxygen atoms in total. The zero-order valence-corrected chi connectivity index (χ0v) is 14.7. The lowest BCUT2D eigenvalue weighted by Crippen LogP contribution is -2.46. The van der Waals surface area contributed by atoms with Gasteiger partial charge in [0, 0.05) is 39.0 Å². The highest BCUT2D eigenvalue weighted by molar-refractivity contribution is 7.90. The summed E-state index contributed by atoms with van der Waals surface area (Å²) in [4.78, 5) is 5.37. The number of likely N-dealkylation sites (tertiary alicyclic amines) is 1. The van der Waals surface area contributed by atoms with Crippen molar-refractivity contribution in [2.75, 3.05) is 58.4 Å². The molecule has 0 aromatic rings. The van der Waals surface area contributed by atoms with E-state index in [2.05, 4.69) is 15.6 Å². The summed E-state index contributed by atoms with van der Waals surface area (Å²) in [6, 6.07) is -0.0929. The van der Waals surface area contributed by atoms with Crippen LogP contribution in [0.15, 0.2) is 4.99 Å². The van der Waals surface area contributed by atoms with Gasteiger partial charge in [-0.3, -0.25) is 9.89 Å². The molecule has 24 heavy (non-hydrogen) atoms. The van der Waals surface area contributed by atoms with Crippen molar-refractivity contribution in [3.8, 4) is 0 Å². The van der Waals surface area contributed by atoms with E-state index < -0.39 is 22.6 Å². The van der Waals surface area contributed by atoms with Crippen molar-refractivity contribution in [1.29, 1.82) is 0 Å². The Hall–Kier alpha value is -1.07. The van der Waals surface area contributed by atoms with Crippen LogP contribution >= 0.6 is 0 Å². The molecule has 0 bridgehead atoms. The Bertz CT molecular complexity index is 511. The predicted molar refractivity (Wildman–Crippen MR) is 85.9 cm³/mol. The van der Waals surface area contributed by atoms with Crippen molar-refractivity contribution < 1.29 is 26.3 Å². The van der Waals surface area contributed by atoms with Crippen LogP contribution in [0.5, 0.6) is 0 Å². The molecule has 0 spiro atoms. The minimum Gasteiger partial charge on any atom is -0.379 e. The second kappa shape index (κ2) is 9.42. The molecule has 0 saturated carbocycles. The zero-order valence-electron chi connectivity index (χ0n) is 13.9. The standard InChI is InChI=1S/C13H25F3N4O3S/c1-17-12(18-4-6-23-7-8-24(2,21)22)19-11-3-5-20(9-11)10-13(14,15)16/h11H,3-10H2,1-2H3,(H2,17,18,19). The Morgan fingerprint density at radius 1 is 1.38 bits per heavy atom. The van der Waals surface area contributed by atoms with Gasteiger partial charge in [-0.25, -0.2) is 8.42 Å². The highest BCUT2D eigenvalue weighted by atomic mass is 32.2. The highest BCUT2D eigenvalue weighted by Gasteiger charge is 2.34. The van der Waals surface area contributed by atoms with Crippen LogP contribution in [-0.2, 0) is 14.6 Å². The second-order valence-electron chi connectivity index (χ2n) is 5.72. The van der Waals surface area contributed by atoms with Crippen molar-refractivity contribution in [2.24, 2.45) is 4.99 Å². The van der Waals surface area contributed by atoms with E-state index in [4.69, 9.17) is 4.74 Å². The Labute approximate surface area is 140 Å². The van der Waals surface area contributed by atoms with E-state index >= 15 is 0 Å². The molecule has 1 aliphatic heterocycles. The smallest absolute Gasteiger partial charge is 0.379 e. The molecule has 1 unspecified atom stereocenters. The maximum Gasteiger partial charge on any atom is 0.401 e. The van der Waals surface area contributed by atoms with Gasteiger partial charge in [0.15, 0.2) is 5.96 Å².